The van der Waals surface area contributed by atoms with Crippen LogP contribution in [0, 0.1) is 17.9 Å². The summed E-state index contributed by atoms with van der Waals surface area (Å²) in [6.45, 7) is 20.9. The maximum Gasteiger partial charge on any atom is 0.343 e. The molecule has 0 aromatic rings. The smallest absolute Gasteiger partial charge is 0.343 e. The first-order valence-corrected chi connectivity index (χ1v) is 19.4. The van der Waals surface area contributed by atoms with E-state index in [1.807, 2.05) is 52.8 Å². The second kappa shape index (κ2) is 20.9. The fraction of sp³-hybridized carbons (Fsp3) is 0.775. The van der Waals surface area contributed by atoms with Crippen molar-refractivity contribution < 1.29 is 57.4 Å². The van der Waals surface area contributed by atoms with Gasteiger partial charge in [0.25, 0.3) is 5.91 Å². The highest BCUT2D eigenvalue weighted by Crippen LogP contribution is 2.37. The number of hydrogen-bond acceptors (Lipinski definition) is 13. The lowest BCUT2D eigenvalue weighted by molar-refractivity contribution is -0.334. The third kappa shape index (κ3) is 15.4. The quantitative estimate of drug-likeness (QED) is 0.142. The summed E-state index contributed by atoms with van der Waals surface area (Å²) >= 11 is 0. The van der Waals surface area contributed by atoms with E-state index >= 15 is 0 Å². The Morgan fingerprint density at radius 3 is 1.89 bits per heavy atom. The Morgan fingerprint density at radius 1 is 0.877 bits per heavy atom. The maximum absolute atomic E-state index is 12.8. The van der Waals surface area contributed by atoms with E-state index in [1.165, 1.54) is 7.11 Å². The van der Waals surface area contributed by atoms with Crippen molar-refractivity contribution in [1.82, 2.24) is 16.0 Å². The van der Waals surface area contributed by atoms with Crippen molar-refractivity contribution >= 4 is 36.1 Å². The second-order valence-corrected chi connectivity index (χ2v) is 17.7. The predicted molar refractivity (Wildman–Crippen MR) is 213 cm³/mol. The van der Waals surface area contributed by atoms with Gasteiger partial charge < -0.3 is 55.2 Å². The molecule has 0 spiro atoms. The van der Waals surface area contributed by atoms with Crippen LogP contribution < -0.4 is 21.7 Å². The Labute approximate surface area is 344 Å². The van der Waals surface area contributed by atoms with Crippen LogP contribution in [0.3, 0.4) is 0 Å². The molecule has 6 N–H and O–H groups in total. The third-order valence-corrected chi connectivity index (χ3v) is 9.28. The Balaban J connectivity index is 0.000000335. The zero-order valence-corrected chi connectivity index (χ0v) is 36.3. The topological polar surface area (TPSA) is 215 Å². The van der Waals surface area contributed by atoms with Crippen molar-refractivity contribution in [2.24, 2.45) is 16.6 Å². The summed E-state index contributed by atoms with van der Waals surface area (Å²) < 4.78 is 39.0. The zero-order valence-electron chi connectivity index (χ0n) is 35.5. The van der Waals surface area contributed by atoms with Crippen LogP contribution in [-0.4, -0.2) is 121 Å². The van der Waals surface area contributed by atoms with Crippen molar-refractivity contribution in [1.29, 1.82) is 0 Å². The van der Waals surface area contributed by atoms with Crippen LogP contribution in [0.2, 0.25) is 0 Å². The molecule has 0 saturated carbocycles. The molecule has 57 heavy (non-hydrogen) atoms. The number of esters is 1. The minimum Gasteiger partial charge on any atom is -0.454 e. The summed E-state index contributed by atoms with van der Waals surface area (Å²) in [7, 11) is 4.71. The Bertz CT molecular complexity index is 1410. The number of rotatable bonds is 7. The molecule has 5 saturated heterocycles. The number of amides is 3. The minimum atomic E-state index is -1.11. The summed E-state index contributed by atoms with van der Waals surface area (Å²) in [6, 6.07) is -0.857. The van der Waals surface area contributed by atoms with Crippen LogP contribution in [0.5, 0.6) is 0 Å². The van der Waals surface area contributed by atoms with Crippen LogP contribution >= 0.6 is 12.4 Å². The first-order chi connectivity index (χ1) is 25.9. The lowest BCUT2D eigenvalue weighted by atomic mass is 9.93. The Morgan fingerprint density at radius 2 is 1.40 bits per heavy atom. The average Bonchev–Trinajstić information content (AvgIpc) is 3.40. The summed E-state index contributed by atoms with van der Waals surface area (Å²) in [5, 5.41) is 18.9. The van der Waals surface area contributed by atoms with Crippen LogP contribution in [0.4, 0.5) is 0 Å². The molecule has 10 atom stereocenters. The predicted octanol–water partition coefficient (Wildman–Crippen LogP) is 2.74. The number of ether oxygens (including phenoxy) is 7. The highest BCUT2D eigenvalue weighted by atomic mass is 35.5. The fourth-order valence-corrected chi connectivity index (χ4v) is 6.54. The number of carbonyl (C=O) groups excluding carboxylic acids is 4. The molecular formula is C40H68ClN4O12+. The summed E-state index contributed by atoms with van der Waals surface area (Å²) in [4.78, 5) is 47.1. The molecule has 0 aromatic heterocycles. The van der Waals surface area contributed by atoms with Crippen molar-refractivity contribution in [3.05, 3.63) is 31.4 Å². The molecule has 2 unspecified atom stereocenters. The van der Waals surface area contributed by atoms with Gasteiger partial charge in [-0.1, -0.05) is 65.8 Å². The van der Waals surface area contributed by atoms with E-state index in [9.17, 15) is 24.3 Å². The molecule has 0 radical (unpaired) electrons. The molecule has 0 aromatic carbocycles. The number of aliphatic hydroxyl groups is 1. The number of aliphatic hydroxyl groups excluding tert-OH is 1. The van der Waals surface area contributed by atoms with Gasteiger partial charge in [-0.15, -0.1) is 12.4 Å². The van der Waals surface area contributed by atoms with Crippen molar-refractivity contribution in [3.63, 3.8) is 0 Å². The standard InChI is InChI=1S/C20H34N2O6.C15H23O5.C5H10N2O.ClH/c1-19(2,3)10-9-13-14(23)15(28-20(4,5)27-13)16(26-6)18(25)22-12-8-7-11-21-17(12)24;1-14(2,3)8-7-9-10-11(20-15(4,5)19-9)12(17-6)13(16)18-10;6-4-2-1-3-7-5(4)8;/h9-10,12-16,23H,7-8,11H2,1-6H3,(H,21,24)(H,22,25);7-12H,6H2,1-5H3;4H,1-3,6H2,(H,7,8);1H/q;+1;;/b10-9+;8-7+;;/t12?,13-,14+,15-,16-;9-,10+,11-,12-;;/m11../s1. The van der Waals surface area contributed by atoms with Crippen molar-refractivity contribution in [2.45, 2.75) is 167 Å². The molecule has 5 heterocycles. The van der Waals surface area contributed by atoms with Gasteiger partial charge in [-0.05, 0) is 64.2 Å². The number of fused-ring (bicyclic) bond motifs is 1. The molecule has 3 amide bonds. The van der Waals surface area contributed by atoms with E-state index < -0.39 is 72.2 Å². The van der Waals surface area contributed by atoms with E-state index in [-0.39, 0.29) is 47.2 Å². The Hall–Kier alpha value is -2.80. The van der Waals surface area contributed by atoms with Crippen molar-refractivity contribution in [2.75, 3.05) is 20.2 Å². The summed E-state index contributed by atoms with van der Waals surface area (Å²) in [5.41, 5.74) is 5.30. The Kier molecular flexibility index (Phi) is 18.5. The lowest BCUT2D eigenvalue weighted by Crippen LogP contribution is -2.62. The van der Waals surface area contributed by atoms with Crippen LogP contribution in [0.25, 0.3) is 0 Å². The first kappa shape index (κ1) is 50.3. The fourth-order valence-electron chi connectivity index (χ4n) is 6.54. The van der Waals surface area contributed by atoms with E-state index in [1.54, 1.807) is 19.9 Å². The molecule has 0 bridgehead atoms. The number of hydrogen-bond donors (Lipinski definition) is 5. The van der Waals surface area contributed by atoms with Gasteiger partial charge in [0.1, 0.15) is 36.6 Å². The molecular weight excluding hydrogens is 764 g/mol. The molecule has 5 aliphatic heterocycles. The van der Waals surface area contributed by atoms with Gasteiger partial charge in [0.15, 0.2) is 23.8 Å². The molecule has 0 aliphatic carbocycles. The highest BCUT2D eigenvalue weighted by Gasteiger charge is 2.57. The average molecular weight is 832 g/mol. The van der Waals surface area contributed by atoms with E-state index in [0.717, 1.165) is 25.8 Å². The SMILES string of the molecule is CO[C@@H](C(=O)NC1CCCNC1=O)[C@@H]1OC(C)(C)O[C@H](/C=C/C(C)(C)C)[C@@H]1O.Cl.NC1CCCNC1=O.[CH2+]O[C@H]1C(=O)O[C@@H]2[C@H]1OC(C)(C)O[C@@H]2/C=C/C(C)(C)C. The van der Waals surface area contributed by atoms with Gasteiger partial charge in [0.2, 0.25) is 25.0 Å². The monoisotopic (exact) mass is 831 g/mol. The van der Waals surface area contributed by atoms with Gasteiger partial charge in [-0.2, -0.15) is 4.74 Å². The van der Waals surface area contributed by atoms with Gasteiger partial charge in [-0.3, -0.25) is 14.4 Å². The largest absolute Gasteiger partial charge is 0.454 e. The number of piperidine rings is 2. The number of methoxy groups -OCH3 is 1. The highest BCUT2D eigenvalue weighted by molar-refractivity contribution is 5.90. The molecule has 326 valence electrons. The number of nitrogens with two attached hydrogens (primary N) is 1. The van der Waals surface area contributed by atoms with Gasteiger partial charge in [0.05, 0.1) is 6.04 Å². The third-order valence-electron chi connectivity index (χ3n) is 9.28. The van der Waals surface area contributed by atoms with Crippen LogP contribution in [0.15, 0.2) is 24.3 Å². The lowest BCUT2D eigenvalue weighted by Gasteiger charge is -2.45. The first-order valence-electron chi connectivity index (χ1n) is 19.4. The molecule has 16 nitrogen and oxygen atoms in total. The van der Waals surface area contributed by atoms with Crippen LogP contribution in [-0.2, 0) is 52.3 Å². The van der Waals surface area contributed by atoms with E-state index in [0.29, 0.717) is 13.0 Å². The van der Waals surface area contributed by atoms with Gasteiger partial charge in [0, 0.05) is 20.2 Å². The van der Waals surface area contributed by atoms with Crippen LogP contribution in [0.1, 0.15) is 94.9 Å². The summed E-state index contributed by atoms with van der Waals surface area (Å²) in [5.74, 6) is -2.99. The molecule has 17 heteroatoms. The number of carbonyl (C=O) groups is 4. The number of allylic oxidation sites excluding steroid dienone is 2. The minimum absolute atomic E-state index is 0. The summed E-state index contributed by atoms with van der Waals surface area (Å²) in [6.07, 6.45) is 4.98. The molecule has 5 aliphatic rings. The zero-order chi connectivity index (χ0) is 42.2. The molecule has 5 rings (SSSR count). The second-order valence-electron chi connectivity index (χ2n) is 17.7. The molecule has 5 fully saturated rings. The number of halogens is 1. The number of nitrogens with one attached hydrogen (secondary N) is 3. The van der Waals surface area contributed by atoms with Gasteiger partial charge >= 0.3 is 5.97 Å². The maximum atomic E-state index is 12.8. The van der Waals surface area contributed by atoms with Gasteiger partial charge in [-0.25, -0.2) is 4.79 Å². The van der Waals surface area contributed by atoms with E-state index in [4.69, 9.17) is 38.9 Å². The van der Waals surface area contributed by atoms with E-state index in [2.05, 4.69) is 43.8 Å². The normalized spacial score (nSPS) is 32.9. The van der Waals surface area contributed by atoms with Crippen molar-refractivity contribution in [3.8, 4) is 0 Å².